The lowest BCUT2D eigenvalue weighted by molar-refractivity contribution is -0.123. The van der Waals surface area contributed by atoms with Crippen LogP contribution in [-0.2, 0) is 19.2 Å². The summed E-state index contributed by atoms with van der Waals surface area (Å²) in [6.07, 6.45) is 3.94. The van der Waals surface area contributed by atoms with E-state index in [0.717, 1.165) is 16.8 Å². The summed E-state index contributed by atoms with van der Waals surface area (Å²) >= 11 is 0. The van der Waals surface area contributed by atoms with Crippen LogP contribution in [-0.4, -0.2) is 42.6 Å². The second-order valence-electron chi connectivity index (χ2n) is 12.5. The lowest BCUT2D eigenvalue weighted by atomic mass is 9.59. The molecule has 3 aromatic rings. The number of hydrogen-bond acceptors (Lipinski definition) is 8. The zero-order chi connectivity index (χ0) is 32.3. The number of azo groups is 1. The van der Waals surface area contributed by atoms with Crippen molar-refractivity contribution in [2.45, 2.75) is 25.7 Å². The first-order chi connectivity index (χ1) is 22.1. The highest BCUT2D eigenvalue weighted by molar-refractivity contribution is 6.25. The SMILES string of the molecule is CC1=CC(=O)C2=C(C[C@@H]3C(=CC[C@@H]4C(=O)N(c5ccc(N=Nc6ccc(N(C)C)cc6)cc5)C(=O)[C@@H]43)[C@@H]2c2ccc(O)cc2)C1=O. The largest absolute Gasteiger partial charge is 0.508 e. The van der Waals surface area contributed by atoms with Gasteiger partial charge in [-0.3, -0.25) is 24.1 Å². The molecule has 3 aromatic carbocycles. The van der Waals surface area contributed by atoms with Crippen LogP contribution in [0.4, 0.5) is 22.7 Å². The van der Waals surface area contributed by atoms with Gasteiger partial charge in [-0.1, -0.05) is 23.8 Å². The number of hydrogen-bond donors (Lipinski definition) is 1. The predicted octanol–water partition coefficient (Wildman–Crippen LogP) is 6.51. The average Bonchev–Trinajstić information content (AvgIpc) is 3.31. The Bertz CT molecular complexity index is 1920. The third-order valence-electron chi connectivity index (χ3n) is 9.54. The number of Topliss-reactive ketones (excluding diaryl/α,β-unsaturated/α-hetero) is 1. The fourth-order valence-electron chi connectivity index (χ4n) is 7.28. The van der Waals surface area contributed by atoms with Crippen molar-refractivity contribution in [1.82, 2.24) is 0 Å². The van der Waals surface area contributed by atoms with Gasteiger partial charge in [0.05, 0.1) is 28.9 Å². The molecule has 46 heavy (non-hydrogen) atoms. The minimum Gasteiger partial charge on any atom is -0.508 e. The molecule has 0 radical (unpaired) electrons. The lowest BCUT2D eigenvalue weighted by Gasteiger charge is -2.42. The van der Waals surface area contributed by atoms with Gasteiger partial charge in [-0.15, -0.1) is 0 Å². The molecule has 3 aliphatic carbocycles. The van der Waals surface area contributed by atoms with Crippen LogP contribution in [0.25, 0.3) is 0 Å². The molecule has 0 spiro atoms. The van der Waals surface area contributed by atoms with E-state index in [1.807, 2.05) is 49.3 Å². The molecule has 0 aromatic heterocycles. The summed E-state index contributed by atoms with van der Waals surface area (Å²) in [4.78, 5) is 58.0. The number of nitrogens with zero attached hydrogens (tertiary/aromatic N) is 4. The van der Waals surface area contributed by atoms with Crippen LogP contribution >= 0.6 is 0 Å². The molecular formula is C37H32N4O5. The molecule has 2 amide bonds. The van der Waals surface area contributed by atoms with Crippen LogP contribution in [0.15, 0.2) is 117 Å². The van der Waals surface area contributed by atoms with Crippen molar-refractivity contribution in [1.29, 1.82) is 0 Å². The molecule has 1 N–H and O–H groups in total. The van der Waals surface area contributed by atoms with Gasteiger partial charge in [0.25, 0.3) is 0 Å². The quantitative estimate of drug-likeness (QED) is 0.152. The normalized spacial score (nSPS) is 24.1. The van der Waals surface area contributed by atoms with E-state index in [4.69, 9.17) is 0 Å². The molecule has 0 saturated carbocycles. The first-order valence-electron chi connectivity index (χ1n) is 15.3. The lowest BCUT2D eigenvalue weighted by Crippen LogP contribution is -2.39. The number of anilines is 2. The zero-order valence-electron chi connectivity index (χ0n) is 25.7. The number of amides is 2. The number of aromatic hydroxyl groups is 1. The summed E-state index contributed by atoms with van der Waals surface area (Å²) in [7, 11) is 3.93. The highest BCUT2D eigenvalue weighted by atomic mass is 16.3. The predicted molar refractivity (Wildman–Crippen MR) is 173 cm³/mol. The summed E-state index contributed by atoms with van der Waals surface area (Å²) in [6, 6.07) is 21.1. The van der Waals surface area contributed by atoms with E-state index in [1.54, 1.807) is 55.5 Å². The zero-order valence-corrected chi connectivity index (χ0v) is 25.7. The van der Waals surface area contributed by atoms with Crippen molar-refractivity contribution in [3.05, 3.63) is 113 Å². The minimum atomic E-state index is -0.667. The van der Waals surface area contributed by atoms with Crippen LogP contribution < -0.4 is 9.80 Å². The van der Waals surface area contributed by atoms with E-state index < -0.39 is 23.7 Å². The first kappa shape index (κ1) is 29.3. The molecule has 1 fully saturated rings. The van der Waals surface area contributed by atoms with E-state index in [2.05, 4.69) is 10.2 Å². The monoisotopic (exact) mass is 612 g/mol. The molecule has 9 heteroatoms. The number of carbonyl (C=O) groups excluding carboxylic acids is 4. The molecule has 9 nitrogen and oxygen atoms in total. The molecule has 0 unspecified atom stereocenters. The van der Waals surface area contributed by atoms with Crippen molar-refractivity contribution in [2.75, 3.05) is 23.9 Å². The second kappa shape index (κ2) is 11.2. The Morgan fingerprint density at radius 1 is 0.804 bits per heavy atom. The smallest absolute Gasteiger partial charge is 0.238 e. The van der Waals surface area contributed by atoms with Crippen molar-refractivity contribution < 1.29 is 24.3 Å². The number of phenolic OH excluding ortho intramolecular Hbond substituents is 1. The molecule has 1 saturated heterocycles. The molecule has 0 bridgehead atoms. The Balaban J connectivity index is 1.18. The Labute approximate surface area is 266 Å². The summed E-state index contributed by atoms with van der Waals surface area (Å²) in [6.45, 7) is 1.63. The van der Waals surface area contributed by atoms with Gasteiger partial charge in [-0.2, -0.15) is 10.2 Å². The summed E-state index contributed by atoms with van der Waals surface area (Å²) in [5, 5.41) is 18.6. The van der Waals surface area contributed by atoms with E-state index >= 15 is 0 Å². The van der Waals surface area contributed by atoms with E-state index in [0.29, 0.717) is 40.2 Å². The maximum Gasteiger partial charge on any atom is 0.238 e. The number of benzene rings is 3. The van der Waals surface area contributed by atoms with Crippen LogP contribution in [0.2, 0.25) is 0 Å². The van der Waals surface area contributed by atoms with Gasteiger partial charge in [0.15, 0.2) is 11.6 Å². The maximum atomic E-state index is 14.2. The van der Waals surface area contributed by atoms with E-state index in [1.165, 1.54) is 11.0 Å². The second-order valence-corrected chi connectivity index (χ2v) is 12.5. The standard InChI is InChI=1S/C37H32N4O5/c1-20-18-31(43)34-30(35(20)44)19-29-27(32(34)21-4-14-26(42)15-5-21)16-17-28-33(29)37(46)41(36(28)45)25-12-8-23(9-13-25)39-38-22-6-10-24(11-7-22)40(2)3/h4-16,18,28-29,32-33,42H,17,19H2,1-3H3/t28-,29+,32-,33-/m0/s1. The van der Waals surface area contributed by atoms with Crippen LogP contribution in [0.1, 0.15) is 31.2 Å². The molecule has 230 valence electrons. The van der Waals surface area contributed by atoms with Crippen molar-refractivity contribution in [2.24, 2.45) is 28.0 Å². The highest BCUT2D eigenvalue weighted by Crippen LogP contribution is 2.55. The van der Waals surface area contributed by atoms with Crippen molar-refractivity contribution in [3.8, 4) is 5.75 Å². The summed E-state index contributed by atoms with van der Waals surface area (Å²) < 4.78 is 0. The number of ketones is 2. The molecular weight excluding hydrogens is 580 g/mol. The summed E-state index contributed by atoms with van der Waals surface area (Å²) in [5.41, 5.74) is 5.61. The summed E-state index contributed by atoms with van der Waals surface area (Å²) in [5.74, 6) is -3.12. The number of rotatable bonds is 5. The van der Waals surface area contributed by atoms with Gasteiger partial charge in [0.1, 0.15) is 5.75 Å². The highest BCUT2D eigenvalue weighted by Gasteiger charge is 2.56. The Morgan fingerprint density at radius 3 is 2.07 bits per heavy atom. The molecule has 4 atom stereocenters. The third-order valence-corrected chi connectivity index (χ3v) is 9.54. The van der Waals surface area contributed by atoms with Gasteiger partial charge in [-0.05, 0) is 98.0 Å². The fraction of sp³-hybridized carbons (Fsp3) is 0.243. The van der Waals surface area contributed by atoms with Crippen molar-refractivity contribution >= 4 is 46.1 Å². The Hall–Kier alpha value is -5.44. The van der Waals surface area contributed by atoms with Crippen LogP contribution in [0.5, 0.6) is 5.75 Å². The molecule has 4 aliphatic rings. The van der Waals surface area contributed by atoms with E-state index in [9.17, 15) is 24.3 Å². The van der Waals surface area contributed by atoms with E-state index in [-0.39, 0.29) is 35.6 Å². The van der Waals surface area contributed by atoms with Crippen LogP contribution in [0.3, 0.4) is 0 Å². The molecule has 1 aliphatic heterocycles. The number of imide groups is 1. The first-order valence-corrected chi connectivity index (χ1v) is 15.3. The van der Waals surface area contributed by atoms with Gasteiger partial charge in [0, 0.05) is 42.4 Å². The van der Waals surface area contributed by atoms with Gasteiger partial charge >= 0.3 is 0 Å². The maximum absolute atomic E-state index is 14.2. The van der Waals surface area contributed by atoms with Gasteiger partial charge in [-0.25, -0.2) is 0 Å². The number of fused-ring (bicyclic) bond motifs is 3. The van der Waals surface area contributed by atoms with Gasteiger partial charge < -0.3 is 10.0 Å². The average molecular weight is 613 g/mol. The third kappa shape index (κ3) is 4.79. The van der Waals surface area contributed by atoms with Crippen molar-refractivity contribution in [3.63, 3.8) is 0 Å². The molecule has 1 heterocycles. The molecule has 7 rings (SSSR count). The Morgan fingerprint density at radius 2 is 1.43 bits per heavy atom. The van der Waals surface area contributed by atoms with Crippen LogP contribution in [0, 0.1) is 17.8 Å². The Kier molecular flexibility index (Phi) is 7.11. The fourth-order valence-corrected chi connectivity index (χ4v) is 7.28. The minimum absolute atomic E-state index is 0.0862. The van der Waals surface area contributed by atoms with Gasteiger partial charge in [0.2, 0.25) is 11.8 Å². The number of phenols is 1. The number of carbonyl (C=O) groups is 4. The topological polar surface area (TPSA) is 120 Å². The number of allylic oxidation sites excluding steroid dienone is 6.